The van der Waals surface area contributed by atoms with Crippen LogP contribution in [0.15, 0.2) is 58.8 Å². The molecular formula is C18H17N3O2S. The van der Waals surface area contributed by atoms with Crippen molar-refractivity contribution in [3.63, 3.8) is 0 Å². The van der Waals surface area contributed by atoms with Crippen LogP contribution in [0, 0.1) is 0 Å². The molecule has 1 aliphatic heterocycles. The number of amides is 1. The summed E-state index contributed by atoms with van der Waals surface area (Å²) in [5.74, 6) is 1.09. The number of rotatable bonds is 4. The van der Waals surface area contributed by atoms with Gasteiger partial charge in [-0.1, -0.05) is 41.6 Å². The van der Waals surface area contributed by atoms with Crippen molar-refractivity contribution in [2.45, 2.75) is 18.3 Å². The van der Waals surface area contributed by atoms with Gasteiger partial charge in [0, 0.05) is 29.8 Å². The Labute approximate surface area is 143 Å². The van der Waals surface area contributed by atoms with Crippen LogP contribution in [0.3, 0.4) is 0 Å². The van der Waals surface area contributed by atoms with Crippen molar-refractivity contribution >= 4 is 17.2 Å². The van der Waals surface area contributed by atoms with Gasteiger partial charge in [-0.25, -0.2) is 0 Å². The second-order valence-corrected chi connectivity index (χ2v) is 7.00. The molecule has 1 amide bonds. The topological polar surface area (TPSA) is 59.2 Å². The van der Waals surface area contributed by atoms with Gasteiger partial charge >= 0.3 is 0 Å². The number of hydrogen-bond acceptors (Lipinski definition) is 5. The molecule has 0 saturated carbocycles. The van der Waals surface area contributed by atoms with Crippen molar-refractivity contribution in [2.24, 2.45) is 0 Å². The molecule has 2 aromatic heterocycles. The highest BCUT2D eigenvalue weighted by Gasteiger charge is 2.39. The molecule has 6 heteroatoms. The van der Waals surface area contributed by atoms with Crippen LogP contribution in [0.1, 0.15) is 28.1 Å². The molecular weight excluding hydrogens is 322 g/mol. The summed E-state index contributed by atoms with van der Waals surface area (Å²) in [5, 5.41) is 6.02. The number of hydrogen-bond donors (Lipinski definition) is 0. The summed E-state index contributed by atoms with van der Waals surface area (Å²) in [6.45, 7) is 1.32. The van der Waals surface area contributed by atoms with Crippen molar-refractivity contribution in [1.29, 1.82) is 0 Å². The predicted octanol–water partition coefficient (Wildman–Crippen LogP) is 3.08. The van der Waals surface area contributed by atoms with E-state index in [0.717, 1.165) is 4.88 Å². The zero-order valence-electron chi connectivity index (χ0n) is 13.0. The van der Waals surface area contributed by atoms with Gasteiger partial charge in [0.2, 0.25) is 12.3 Å². The van der Waals surface area contributed by atoms with E-state index in [1.165, 1.54) is 12.0 Å². The Bertz CT molecular complexity index is 787. The molecule has 0 unspecified atom stereocenters. The highest BCUT2D eigenvalue weighted by molar-refractivity contribution is 7.10. The first-order valence-corrected chi connectivity index (χ1v) is 8.80. The lowest BCUT2D eigenvalue weighted by Gasteiger charge is -2.16. The lowest BCUT2D eigenvalue weighted by molar-refractivity contribution is -0.129. The average Bonchev–Trinajstić information content (AvgIpc) is 3.36. The number of nitrogens with zero attached hydrogens (tertiary/aromatic N) is 3. The molecule has 3 heterocycles. The van der Waals surface area contributed by atoms with Crippen molar-refractivity contribution in [3.8, 4) is 0 Å². The molecule has 1 fully saturated rings. The molecule has 5 nitrogen and oxygen atoms in total. The third-order valence-electron chi connectivity index (χ3n) is 4.52. The minimum atomic E-state index is 0.0680. The van der Waals surface area contributed by atoms with Crippen molar-refractivity contribution < 1.29 is 9.32 Å². The standard InChI is InChI=1S/C18H17N3O2S/c22-17(9-14-7-4-8-24-14)21-10-15(13-5-2-1-3-6-13)16(11-21)18-19-12-23-20-18/h1-8,12,15-16H,9-11H2/t15-,16+/m0/s1. The van der Waals surface area contributed by atoms with Crippen LogP contribution in [0.2, 0.25) is 0 Å². The molecule has 0 aliphatic carbocycles. The number of carbonyl (C=O) groups is 1. The molecule has 0 N–H and O–H groups in total. The summed E-state index contributed by atoms with van der Waals surface area (Å²) >= 11 is 1.62. The maximum Gasteiger partial charge on any atom is 0.227 e. The van der Waals surface area contributed by atoms with Crippen LogP contribution in [0.25, 0.3) is 0 Å². The van der Waals surface area contributed by atoms with E-state index in [4.69, 9.17) is 4.52 Å². The lowest BCUT2D eigenvalue weighted by Crippen LogP contribution is -2.30. The number of carbonyl (C=O) groups excluding carboxylic acids is 1. The zero-order valence-corrected chi connectivity index (χ0v) is 13.9. The third kappa shape index (κ3) is 2.97. The summed E-state index contributed by atoms with van der Waals surface area (Å²) in [6.07, 6.45) is 1.81. The number of aromatic nitrogens is 2. The van der Waals surface area contributed by atoms with Crippen molar-refractivity contribution in [3.05, 3.63) is 70.5 Å². The van der Waals surface area contributed by atoms with Gasteiger partial charge in [-0.2, -0.15) is 4.98 Å². The average molecular weight is 339 g/mol. The molecule has 24 heavy (non-hydrogen) atoms. The van der Waals surface area contributed by atoms with Gasteiger partial charge in [0.05, 0.1) is 6.42 Å². The predicted molar refractivity (Wildman–Crippen MR) is 90.8 cm³/mol. The van der Waals surface area contributed by atoms with Crippen LogP contribution >= 0.6 is 11.3 Å². The monoisotopic (exact) mass is 339 g/mol. The number of likely N-dealkylation sites (tertiary alicyclic amines) is 1. The fourth-order valence-electron chi connectivity index (χ4n) is 3.32. The van der Waals surface area contributed by atoms with Gasteiger partial charge in [0.1, 0.15) is 0 Å². The van der Waals surface area contributed by atoms with E-state index in [1.807, 2.05) is 40.6 Å². The third-order valence-corrected chi connectivity index (χ3v) is 5.39. The van der Waals surface area contributed by atoms with Crippen LogP contribution in [-0.2, 0) is 11.2 Å². The molecule has 4 rings (SSSR count). The van der Waals surface area contributed by atoms with Crippen LogP contribution in [0.5, 0.6) is 0 Å². The van der Waals surface area contributed by atoms with Gasteiger partial charge in [0.25, 0.3) is 0 Å². The smallest absolute Gasteiger partial charge is 0.227 e. The fraction of sp³-hybridized carbons (Fsp3) is 0.278. The molecule has 1 aromatic carbocycles. The van der Waals surface area contributed by atoms with E-state index >= 15 is 0 Å². The maximum absolute atomic E-state index is 12.7. The van der Waals surface area contributed by atoms with E-state index in [9.17, 15) is 4.79 Å². The molecule has 122 valence electrons. The van der Waals surface area contributed by atoms with Crippen molar-refractivity contribution in [2.75, 3.05) is 13.1 Å². The van der Waals surface area contributed by atoms with Gasteiger partial charge in [-0.05, 0) is 17.0 Å². The second kappa shape index (κ2) is 6.57. The SMILES string of the molecule is O=C(Cc1cccs1)N1C[C@@H](c2ccccc2)[C@H](c2ncon2)C1. The van der Waals surface area contributed by atoms with E-state index in [1.54, 1.807) is 11.3 Å². The van der Waals surface area contributed by atoms with E-state index in [2.05, 4.69) is 22.3 Å². The Kier molecular flexibility index (Phi) is 4.13. The zero-order chi connectivity index (χ0) is 16.4. The Hall–Kier alpha value is -2.47. The lowest BCUT2D eigenvalue weighted by atomic mass is 9.88. The molecule has 1 aliphatic rings. The Balaban J connectivity index is 1.57. The first-order chi connectivity index (χ1) is 11.8. The first kappa shape index (κ1) is 15.1. The number of thiophene rings is 1. The van der Waals surface area contributed by atoms with Crippen LogP contribution < -0.4 is 0 Å². The van der Waals surface area contributed by atoms with Crippen LogP contribution in [-0.4, -0.2) is 34.0 Å². The molecule has 0 radical (unpaired) electrons. The van der Waals surface area contributed by atoms with Gasteiger partial charge in [0.15, 0.2) is 5.82 Å². The number of benzene rings is 1. The molecule has 1 saturated heterocycles. The second-order valence-electron chi connectivity index (χ2n) is 5.97. The Morgan fingerprint density at radius 1 is 1.17 bits per heavy atom. The first-order valence-electron chi connectivity index (χ1n) is 7.92. The summed E-state index contributed by atoms with van der Waals surface area (Å²) in [6, 6.07) is 14.2. The summed E-state index contributed by atoms with van der Waals surface area (Å²) in [7, 11) is 0. The molecule has 0 spiro atoms. The Morgan fingerprint density at radius 3 is 2.71 bits per heavy atom. The van der Waals surface area contributed by atoms with E-state index in [-0.39, 0.29) is 17.7 Å². The highest BCUT2D eigenvalue weighted by Crippen LogP contribution is 2.38. The minimum absolute atomic E-state index is 0.0680. The summed E-state index contributed by atoms with van der Waals surface area (Å²) in [4.78, 5) is 19.9. The van der Waals surface area contributed by atoms with E-state index < -0.39 is 0 Å². The Morgan fingerprint density at radius 2 is 2.00 bits per heavy atom. The molecule has 3 aromatic rings. The normalized spacial score (nSPS) is 20.4. The minimum Gasteiger partial charge on any atom is -0.343 e. The van der Waals surface area contributed by atoms with E-state index in [0.29, 0.717) is 25.3 Å². The highest BCUT2D eigenvalue weighted by atomic mass is 32.1. The fourth-order valence-corrected chi connectivity index (χ4v) is 4.02. The van der Waals surface area contributed by atoms with Crippen LogP contribution in [0.4, 0.5) is 0 Å². The largest absolute Gasteiger partial charge is 0.343 e. The van der Waals surface area contributed by atoms with Gasteiger partial charge in [-0.15, -0.1) is 11.3 Å². The molecule has 2 atom stereocenters. The van der Waals surface area contributed by atoms with Crippen molar-refractivity contribution in [1.82, 2.24) is 15.0 Å². The maximum atomic E-state index is 12.7. The summed E-state index contributed by atoms with van der Waals surface area (Å²) in [5.41, 5.74) is 1.21. The quantitative estimate of drug-likeness (QED) is 0.733. The molecule has 0 bridgehead atoms. The summed E-state index contributed by atoms with van der Waals surface area (Å²) < 4.78 is 4.93. The van der Waals surface area contributed by atoms with Gasteiger partial charge in [-0.3, -0.25) is 4.79 Å². The van der Waals surface area contributed by atoms with Gasteiger partial charge < -0.3 is 9.42 Å².